The molecule has 0 aromatic carbocycles. The fourth-order valence-electron chi connectivity index (χ4n) is 2.42. The molecule has 0 spiro atoms. The number of halogens is 1. The lowest BCUT2D eigenvalue weighted by atomic mass is 9.93. The highest BCUT2D eigenvalue weighted by Crippen LogP contribution is 2.30. The smallest absolute Gasteiger partial charge is 0.143 e. The summed E-state index contributed by atoms with van der Waals surface area (Å²) in [6, 6.07) is 2.04. The molecule has 2 rings (SSSR count). The number of anilines is 1. The van der Waals surface area contributed by atoms with Gasteiger partial charge in [0.15, 0.2) is 0 Å². The maximum absolute atomic E-state index is 5.62. The monoisotopic (exact) mass is 297 g/mol. The predicted molar refractivity (Wildman–Crippen MR) is 75.3 cm³/mol. The van der Waals surface area contributed by atoms with E-state index in [-0.39, 0.29) is 0 Å². The minimum atomic E-state index is 0.805. The van der Waals surface area contributed by atoms with Crippen molar-refractivity contribution in [3.63, 3.8) is 0 Å². The third-order valence-electron chi connectivity index (χ3n) is 3.55. The number of nitrogens with two attached hydrogens (primary N) is 1. The summed E-state index contributed by atoms with van der Waals surface area (Å²) in [4.78, 5) is 6.87. The summed E-state index contributed by atoms with van der Waals surface area (Å²) < 4.78 is 1.14. The third kappa shape index (κ3) is 2.99. The van der Waals surface area contributed by atoms with Gasteiger partial charge in [-0.1, -0.05) is 0 Å². The minimum absolute atomic E-state index is 0.805. The molecule has 0 atom stereocenters. The zero-order chi connectivity index (χ0) is 12.3. The molecule has 4 heteroatoms. The van der Waals surface area contributed by atoms with Crippen molar-refractivity contribution >= 4 is 21.7 Å². The Morgan fingerprint density at radius 2 is 2.18 bits per heavy atom. The highest BCUT2D eigenvalue weighted by atomic mass is 79.9. The first-order valence-corrected chi connectivity index (χ1v) is 7.07. The second kappa shape index (κ2) is 5.83. The van der Waals surface area contributed by atoms with Gasteiger partial charge in [-0.25, -0.2) is 4.98 Å². The molecule has 1 aliphatic heterocycles. The van der Waals surface area contributed by atoms with Crippen molar-refractivity contribution in [2.75, 3.05) is 24.5 Å². The maximum Gasteiger partial charge on any atom is 0.143 e. The van der Waals surface area contributed by atoms with Gasteiger partial charge in [0.05, 0.1) is 4.47 Å². The Morgan fingerprint density at radius 3 is 2.82 bits per heavy atom. The van der Waals surface area contributed by atoms with E-state index >= 15 is 0 Å². The lowest BCUT2D eigenvalue weighted by molar-refractivity contribution is 0.385. The van der Waals surface area contributed by atoms with Crippen LogP contribution in [0.4, 0.5) is 5.82 Å². The summed E-state index contributed by atoms with van der Waals surface area (Å²) in [5, 5.41) is 0. The number of hydrogen-bond acceptors (Lipinski definition) is 3. The molecule has 17 heavy (non-hydrogen) atoms. The van der Waals surface area contributed by atoms with Crippen molar-refractivity contribution in [2.24, 2.45) is 11.7 Å². The quantitative estimate of drug-likeness (QED) is 0.933. The number of piperidine rings is 1. The third-order valence-corrected chi connectivity index (χ3v) is 4.53. The van der Waals surface area contributed by atoms with Gasteiger partial charge in [0.2, 0.25) is 0 Å². The first-order chi connectivity index (χ1) is 8.22. The molecule has 0 radical (unpaired) electrons. The SMILES string of the molecule is Cc1ccnc(N2CCC(CCN)CC2)c1Br. The Morgan fingerprint density at radius 1 is 1.47 bits per heavy atom. The average Bonchev–Trinajstić information content (AvgIpc) is 2.34. The Balaban J connectivity index is 2.03. The molecule has 0 unspecified atom stereocenters. The lowest BCUT2D eigenvalue weighted by Gasteiger charge is -2.33. The molecule has 1 aromatic heterocycles. The molecule has 1 aromatic rings. The van der Waals surface area contributed by atoms with Gasteiger partial charge in [0.1, 0.15) is 5.82 Å². The summed E-state index contributed by atoms with van der Waals surface area (Å²) in [5.41, 5.74) is 6.86. The Bertz CT molecular complexity index is 373. The topological polar surface area (TPSA) is 42.2 Å². The Kier molecular flexibility index (Phi) is 4.40. The van der Waals surface area contributed by atoms with Crippen LogP contribution in [0.3, 0.4) is 0 Å². The molecule has 94 valence electrons. The fraction of sp³-hybridized carbons (Fsp3) is 0.615. The molecule has 2 N–H and O–H groups in total. The van der Waals surface area contributed by atoms with E-state index in [4.69, 9.17) is 5.73 Å². The molecule has 0 amide bonds. The molecule has 1 saturated heterocycles. The van der Waals surface area contributed by atoms with Gasteiger partial charge in [0, 0.05) is 19.3 Å². The first kappa shape index (κ1) is 12.8. The van der Waals surface area contributed by atoms with E-state index in [1.165, 1.54) is 18.4 Å². The van der Waals surface area contributed by atoms with Gasteiger partial charge < -0.3 is 10.6 Å². The first-order valence-electron chi connectivity index (χ1n) is 6.28. The summed E-state index contributed by atoms with van der Waals surface area (Å²) >= 11 is 3.64. The molecule has 1 aliphatic rings. The van der Waals surface area contributed by atoms with Gasteiger partial charge in [-0.2, -0.15) is 0 Å². The van der Waals surface area contributed by atoms with Crippen LogP contribution in [-0.4, -0.2) is 24.6 Å². The van der Waals surface area contributed by atoms with Crippen LogP contribution < -0.4 is 10.6 Å². The van der Waals surface area contributed by atoms with Crippen molar-refractivity contribution in [1.29, 1.82) is 0 Å². The molecule has 0 bridgehead atoms. The van der Waals surface area contributed by atoms with Crippen LogP contribution in [0.15, 0.2) is 16.7 Å². The van der Waals surface area contributed by atoms with Crippen LogP contribution in [0.1, 0.15) is 24.8 Å². The number of nitrogens with zero attached hydrogens (tertiary/aromatic N) is 2. The molecule has 2 heterocycles. The summed E-state index contributed by atoms with van der Waals surface area (Å²) in [6.07, 6.45) is 5.52. The number of aryl methyl sites for hydroxylation is 1. The summed E-state index contributed by atoms with van der Waals surface area (Å²) in [5.74, 6) is 1.90. The summed E-state index contributed by atoms with van der Waals surface area (Å²) in [6.45, 7) is 5.12. The van der Waals surface area contributed by atoms with Crippen LogP contribution in [-0.2, 0) is 0 Å². The molecular formula is C13H20BrN3. The van der Waals surface area contributed by atoms with Crippen molar-refractivity contribution in [3.05, 3.63) is 22.3 Å². The van der Waals surface area contributed by atoms with Crippen LogP contribution >= 0.6 is 15.9 Å². The van der Waals surface area contributed by atoms with E-state index in [1.807, 2.05) is 12.3 Å². The van der Waals surface area contributed by atoms with E-state index in [9.17, 15) is 0 Å². The number of aromatic nitrogens is 1. The van der Waals surface area contributed by atoms with Gasteiger partial charge in [-0.15, -0.1) is 0 Å². The van der Waals surface area contributed by atoms with Crippen LogP contribution in [0, 0.1) is 12.8 Å². The van der Waals surface area contributed by atoms with Crippen molar-refractivity contribution < 1.29 is 0 Å². The van der Waals surface area contributed by atoms with E-state index in [2.05, 4.69) is 32.7 Å². The molecule has 3 nitrogen and oxygen atoms in total. The second-order valence-electron chi connectivity index (χ2n) is 4.77. The standard InChI is InChI=1S/C13H20BrN3/c1-10-3-7-16-13(12(10)14)17-8-4-11(2-6-15)5-9-17/h3,7,11H,2,4-6,8-9,15H2,1H3. The van der Waals surface area contributed by atoms with Crippen LogP contribution in [0.2, 0.25) is 0 Å². The van der Waals surface area contributed by atoms with Gasteiger partial charge in [-0.3, -0.25) is 0 Å². The van der Waals surface area contributed by atoms with Crippen molar-refractivity contribution in [3.8, 4) is 0 Å². The number of rotatable bonds is 3. The second-order valence-corrected chi connectivity index (χ2v) is 5.57. The molecule has 1 fully saturated rings. The van der Waals surface area contributed by atoms with E-state index in [0.29, 0.717) is 0 Å². The van der Waals surface area contributed by atoms with E-state index in [1.54, 1.807) is 0 Å². The normalized spacial score (nSPS) is 17.5. The van der Waals surface area contributed by atoms with Crippen LogP contribution in [0.25, 0.3) is 0 Å². The van der Waals surface area contributed by atoms with Gasteiger partial charge >= 0.3 is 0 Å². The molecule has 0 aliphatic carbocycles. The highest BCUT2D eigenvalue weighted by Gasteiger charge is 2.21. The van der Waals surface area contributed by atoms with E-state index < -0.39 is 0 Å². The Labute approximate surface area is 112 Å². The number of hydrogen-bond donors (Lipinski definition) is 1. The minimum Gasteiger partial charge on any atom is -0.356 e. The fourth-order valence-corrected chi connectivity index (χ4v) is 2.90. The molecule has 0 saturated carbocycles. The molecular weight excluding hydrogens is 278 g/mol. The average molecular weight is 298 g/mol. The summed E-state index contributed by atoms with van der Waals surface area (Å²) in [7, 11) is 0. The zero-order valence-corrected chi connectivity index (χ0v) is 11.9. The zero-order valence-electron chi connectivity index (χ0n) is 10.3. The van der Waals surface area contributed by atoms with E-state index in [0.717, 1.165) is 42.3 Å². The van der Waals surface area contributed by atoms with Crippen LogP contribution in [0.5, 0.6) is 0 Å². The Hall–Kier alpha value is -0.610. The van der Waals surface area contributed by atoms with Gasteiger partial charge in [-0.05, 0) is 66.2 Å². The van der Waals surface area contributed by atoms with Crippen molar-refractivity contribution in [1.82, 2.24) is 4.98 Å². The lowest BCUT2D eigenvalue weighted by Crippen LogP contribution is -2.35. The highest BCUT2D eigenvalue weighted by molar-refractivity contribution is 9.10. The predicted octanol–water partition coefficient (Wildman–Crippen LogP) is 2.72. The maximum atomic E-state index is 5.62. The van der Waals surface area contributed by atoms with Crippen molar-refractivity contribution in [2.45, 2.75) is 26.2 Å². The number of pyridine rings is 1. The largest absolute Gasteiger partial charge is 0.356 e. The van der Waals surface area contributed by atoms with Gasteiger partial charge in [0.25, 0.3) is 0 Å².